The molecule has 0 aliphatic carbocycles. The molecule has 0 atom stereocenters. The van der Waals surface area contributed by atoms with Crippen LogP contribution in [-0.4, -0.2) is 40.9 Å². The Morgan fingerprint density at radius 1 is 1.04 bits per heavy atom. The second-order valence-electron chi connectivity index (χ2n) is 5.68. The van der Waals surface area contributed by atoms with Crippen LogP contribution >= 0.6 is 11.8 Å². The van der Waals surface area contributed by atoms with Gasteiger partial charge in [-0.2, -0.15) is 0 Å². The molecule has 2 N–H and O–H groups in total. The lowest BCUT2D eigenvalue weighted by molar-refractivity contribution is -0.117. The maximum Gasteiger partial charge on any atom is 0.325 e. The van der Waals surface area contributed by atoms with E-state index < -0.39 is 11.9 Å². The number of rotatable bonds is 10. The number of aromatic nitrogens is 2. The molecule has 28 heavy (non-hydrogen) atoms. The normalized spacial score (nSPS) is 10.2. The largest absolute Gasteiger partial charge is 0.490 e. The van der Waals surface area contributed by atoms with Crippen molar-refractivity contribution in [3.05, 3.63) is 36.7 Å². The molecule has 1 heterocycles. The van der Waals surface area contributed by atoms with E-state index in [2.05, 4.69) is 20.6 Å². The van der Waals surface area contributed by atoms with E-state index in [0.29, 0.717) is 35.6 Å². The van der Waals surface area contributed by atoms with Crippen molar-refractivity contribution in [1.82, 2.24) is 15.3 Å². The van der Waals surface area contributed by atoms with Crippen LogP contribution in [0.3, 0.4) is 0 Å². The molecule has 0 aliphatic rings. The van der Waals surface area contributed by atoms with Crippen molar-refractivity contribution in [2.45, 2.75) is 31.8 Å². The Morgan fingerprint density at radius 2 is 1.71 bits per heavy atom. The number of anilines is 1. The number of urea groups is 1. The number of hydrogen-bond donors (Lipinski definition) is 2. The van der Waals surface area contributed by atoms with Gasteiger partial charge in [0.05, 0.1) is 19.0 Å². The maximum absolute atomic E-state index is 12.1. The average Bonchev–Trinajstić information content (AvgIpc) is 2.70. The standard InChI is InChI=1S/C19H24N4O4S/c1-3-10-26-15-7-6-14(12-16(15)27-11-4-2)22-18(25)23-17(24)13-28-19-20-8-5-9-21-19/h5-9,12H,3-4,10-11,13H2,1-2H3,(H2,22,23,24,25). The highest BCUT2D eigenvalue weighted by Crippen LogP contribution is 2.31. The predicted molar refractivity (Wildman–Crippen MR) is 108 cm³/mol. The van der Waals surface area contributed by atoms with Crippen molar-refractivity contribution < 1.29 is 19.1 Å². The Hall–Kier alpha value is -2.81. The first-order valence-corrected chi connectivity index (χ1v) is 10.0. The number of benzene rings is 1. The summed E-state index contributed by atoms with van der Waals surface area (Å²) in [6, 6.07) is 6.18. The Balaban J connectivity index is 1.89. The number of carbonyl (C=O) groups is 2. The molecule has 8 nitrogen and oxygen atoms in total. The third kappa shape index (κ3) is 7.43. The van der Waals surface area contributed by atoms with E-state index in [-0.39, 0.29) is 5.75 Å². The first kappa shape index (κ1) is 21.5. The molecule has 3 amide bonds. The summed E-state index contributed by atoms with van der Waals surface area (Å²) in [5, 5.41) is 5.37. The van der Waals surface area contributed by atoms with Crippen molar-refractivity contribution in [2.75, 3.05) is 24.3 Å². The molecule has 0 bridgehead atoms. The van der Waals surface area contributed by atoms with Gasteiger partial charge in [-0.15, -0.1) is 0 Å². The second-order valence-corrected chi connectivity index (χ2v) is 6.62. The van der Waals surface area contributed by atoms with Gasteiger partial charge in [0.25, 0.3) is 0 Å². The fourth-order valence-electron chi connectivity index (χ4n) is 2.06. The third-order valence-electron chi connectivity index (χ3n) is 3.25. The van der Waals surface area contributed by atoms with Gasteiger partial charge in [0.2, 0.25) is 5.91 Å². The van der Waals surface area contributed by atoms with Crippen LogP contribution in [0, 0.1) is 0 Å². The van der Waals surface area contributed by atoms with Crippen molar-refractivity contribution >= 4 is 29.4 Å². The minimum Gasteiger partial charge on any atom is -0.490 e. The molecule has 0 fully saturated rings. The Bertz CT molecular complexity index is 774. The number of amides is 3. The Morgan fingerprint density at radius 3 is 2.39 bits per heavy atom. The molecule has 1 aromatic heterocycles. The number of nitrogens with zero attached hydrogens (tertiary/aromatic N) is 2. The van der Waals surface area contributed by atoms with E-state index in [1.807, 2.05) is 13.8 Å². The molecule has 0 spiro atoms. The molecule has 1 aromatic carbocycles. The Labute approximate surface area is 168 Å². The quantitative estimate of drug-likeness (QED) is 0.461. The summed E-state index contributed by atoms with van der Waals surface area (Å²) in [7, 11) is 0. The molecule has 0 radical (unpaired) electrons. The lowest BCUT2D eigenvalue weighted by Crippen LogP contribution is -2.35. The Kier molecular flexibility index (Phi) is 9.06. The van der Waals surface area contributed by atoms with Crippen LogP contribution in [0.2, 0.25) is 0 Å². The average molecular weight is 404 g/mol. The number of thioether (sulfide) groups is 1. The molecule has 0 saturated heterocycles. The zero-order valence-corrected chi connectivity index (χ0v) is 16.8. The fourth-order valence-corrected chi connectivity index (χ4v) is 2.66. The second kappa shape index (κ2) is 11.8. The number of nitrogens with one attached hydrogen (secondary N) is 2. The van der Waals surface area contributed by atoms with Crippen molar-refractivity contribution in [3.63, 3.8) is 0 Å². The van der Waals surface area contributed by atoms with Crippen LogP contribution in [-0.2, 0) is 4.79 Å². The highest BCUT2D eigenvalue weighted by Gasteiger charge is 2.12. The lowest BCUT2D eigenvalue weighted by atomic mass is 10.2. The maximum atomic E-state index is 12.1. The molecule has 0 aliphatic heterocycles. The van der Waals surface area contributed by atoms with Crippen LogP contribution in [0.4, 0.5) is 10.5 Å². The van der Waals surface area contributed by atoms with Gasteiger partial charge in [0, 0.05) is 24.1 Å². The van der Waals surface area contributed by atoms with Crippen LogP contribution in [0.5, 0.6) is 11.5 Å². The van der Waals surface area contributed by atoms with Gasteiger partial charge in [-0.25, -0.2) is 14.8 Å². The van der Waals surface area contributed by atoms with Gasteiger partial charge in [-0.05, 0) is 31.0 Å². The zero-order chi connectivity index (χ0) is 20.2. The number of carbonyl (C=O) groups excluding carboxylic acids is 2. The summed E-state index contributed by atoms with van der Waals surface area (Å²) in [6.07, 6.45) is 4.91. The highest BCUT2D eigenvalue weighted by molar-refractivity contribution is 7.99. The van der Waals surface area contributed by atoms with Gasteiger partial charge in [-0.3, -0.25) is 10.1 Å². The van der Waals surface area contributed by atoms with Crippen molar-refractivity contribution in [1.29, 1.82) is 0 Å². The summed E-state index contributed by atoms with van der Waals surface area (Å²) < 4.78 is 11.4. The van der Waals surface area contributed by atoms with E-state index in [4.69, 9.17) is 9.47 Å². The van der Waals surface area contributed by atoms with Gasteiger partial charge in [0.1, 0.15) is 0 Å². The van der Waals surface area contributed by atoms with Crippen LogP contribution in [0.25, 0.3) is 0 Å². The van der Waals surface area contributed by atoms with E-state index in [9.17, 15) is 9.59 Å². The van der Waals surface area contributed by atoms with E-state index in [1.54, 1.807) is 36.7 Å². The summed E-state index contributed by atoms with van der Waals surface area (Å²) >= 11 is 1.15. The van der Waals surface area contributed by atoms with Gasteiger partial charge < -0.3 is 14.8 Å². The first-order valence-electron chi connectivity index (χ1n) is 9.02. The van der Waals surface area contributed by atoms with Crippen molar-refractivity contribution in [2.24, 2.45) is 0 Å². The lowest BCUT2D eigenvalue weighted by Gasteiger charge is -2.14. The van der Waals surface area contributed by atoms with E-state index in [0.717, 1.165) is 24.6 Å². The molecule has 150 valence electrons. The summed E-state index contributed by atoms with van der Waals surface area (Å²) in [6.45, 7) is 5.14. The molecular weight excluding hydrogens is 380 g/mol. The minimum atomic E-state index is -0.622. The molecule has 0 saturated carbocycles. The predicted octanol–water partition coefficient (Wildman–Crippen LogP) is 3.49. The van der Waals surface area contributed by atoms with Crippen LogP contribution in [0.15, 0.2) is 41.8 Å². The monoisotopic (exact) mass is 404 g/mol. The van der Waals surface area contributed by atoms with E-state index in [1.165, 1.54) is 0 Å². The summed E-state index contributed by atoms with van der Waals surface area (Å²) in [4.78, 5) is 32.0. The molecular formula is C19H24N4O4S. The summed E-state index contributed by atoms with van der Waals surface area (Å²) in [5.41, 5.74) is 0.499. The number of ether oxygens (including phenoxy) is 2. The number of imide groups is 1. The number of hydrogen-bond acceptors (Lipinski definition) is 7. The van der Waals surface area contributed by atoms with Gasteiger partial charge >= 0.3 is 6.03 Å². The molecule has 2 rings (SSSR count). The molecule has 2 aromatic rings. The zero-order valence-electron chi connectivity index (χ0n) is 15.9. The molecule has 9 heteroatoms. The van der Waals surface area contributed by atoms with Gasteiger partial charge in [-0.1, -0.05) is 25.6 Å². The molecule has 0 unspecified atom stereocenters. The van der Waals surface area contributed by atoms with Crippen LogP contribution in [0.1, 0.15) is 26.7 Å². The fraction of sp³-hybridized carbons (Fsp3) is 0.368. The van der Waals surface area contributed by atoms with Crippen LogP contribution < -0.4 is 20.1 Å². The minimum absolute atomic E-state index is 0.0338. The van der Waals surface area contributed by atoms with Crippen molar-refractivity contribution in [3.8, 4) is 11.5 Å². The smallest absolute Gasteiger partial charge is 0.325 e. The first-order chi connectivity index (χ1) is 13.6. The topological polar surface area (TPSA) is 102 Å². The SMILES string of the molecule is CCCOc1ccc(NC(=O)NC(=O)CSc2ncccn2)cc1OCCC. The third-order valence-corrected chi connectivity index (χ3v) is 4.13. The summed E-state index contributed by atoms with van der Waals surface area (Å²) in [5.74, 6) is 0.764. The van der Waals surface area contributed by atoms with Gasteiger partial charge in [0.15, 0.2) is 16.7 Å². The van der Waals surface area contributed by atoms with E-state index >= 15 is 0 Å². The highest BCUT2D eigenvalue weighted by atomic mass is 32.2.